The standard InChI is InChI=1S/C23H27FN8O/c1-3-33-23-28-15(2)20-22(30-23)32(21(29-20)18-7-19(24)11-26-10-18)14-17-9-27-31(13-17)12-16-5-4-6-25-8-16/h7,9-11,13,16,25H,3-6,8,12,14H2,1-2H3. The normalized spacial score (nSPS) is 16.4. The van der Waals surface area contributed by atoms with Crippen molar-refractivity contribution in [3.63, 3.8) is 0 Å². The van der Waals surface area contributed by atoms with Crippen molar-refractivity contribution in [2.24, 2.45) is 5.92 Å². The third-order valence-corrected chi connectivity index (χ3v) is 5.86. The predicted octanol–water partition coefficient (Wildman–Crippen LogP) is 2.98. The van der Waals surface area contributed by atoms with Gasteiger partial charge in [-0.15, -0.1) is 0 Å². The van der Waals surface area contributed by atoms with Gasteiger partial charge in [-0.05, 0) is 51.8 Å². The number of fused-ring (bicyclic) bond motifs is 1. The maximum atomic E-state index is 14.0. The van der Waals surface area contributed by atoms with Gasteiger partial charge < -0.3 is 14.6 Å². The molecule has 4 aromatic rings. The van der Waals surface area contributed by atoms with Gasteiger partial charge in [0.05, 0.1) is 31.2 Å². The lowest BCUT2D eigenvalue weighted by Gasteiger charge is -2.22. The molecule has 33 heavy (non-hydrogen) atoms. The highest BCUT2D eigenvalue weighted by Gasteiger charge is 2.20. The van der Waals surface area contributed by atoms with Crippen LogP contribution in [0.15, 0.2) is 30.9 Å². The first-order valence-electron chi connectivity index (χ1n) is 11.3. The van der Waals surface area contributed by atoms with Crippen molar-refractivity contribution in [1.29, 1.82) is 0 Å². The molecule has 0 spiro atoms. The molecule has 1 unspecified atom stereocenters. The second kappa shape index (κ2) is 9.22. The van der Waals surface area contributed by atoms with Crippen LogP contribution in [0, 0.1) is 18.7 Å². The zero-order valence-corrected chi connectivity index (χ0v) is 18.8. The fourth-order valence-electron chi connectivity index (χ4n) is 4.33. The van der Waals surface area contributed by atoms with Crippen LogP contribution in [0.5, 0.6) is 6.01 Å². The molecule has 1 saturated heterocycles. The topological polar surface area (TPSA) is 95.6 Å². The van der Waals surface area contributed by atoms with Crippen LogP contribution in [-0.2, 0) is 13.1 Å². The molecule has 0 aliphatic carbocycles. The number of hydrogen-bond acceptors (Lipinski definition) is 7. The maximum Gasteiger partial charge on any atom is 0.318 e. The van der Waals surface area contributed by atoms with Crippen molar-refractivity contribution in [2.45, 2.75) is 39.8 Å². The molecule has 9 nitrogen and oxygen atoms in total. The van der Waals surface area contributed by atoms with E-state index in [9.17, 15) is 4.39 Å². The van der Waals surface area contributed by atoms with E-state index in [2.05, 4.69) is 31.6 Å². The van der Waals surface area contributed by atoms with E-state index in [1.54, 1.807) is 6.20 Å². The predicted molar refractivity (Wildman–Crippen MR) is 121 cm³/mol. The number of imidazole rings is 1. The zero-order valence-electron chi connectivity index (χ0n) is 18.8. The first-order valence-corrected chi connectivity index (χ1v) is 11.3. The Balaban J connectivity index is 1.53. The lowest BCUT2D eigenvalue weighted by atomic mass is 10.00. The number of aromatic nitrogens is 7. The third kappa shape index (κ3) is 4.56. The molecule has 1 fully saturated rings. The van der Waals surface area contributed by atoms with Crippen LogP contribution in [0.25, 0.3) is 22.6 Å². The van der Waals surface area contributed by atoms with E-state index >= 15 is 0 Å². The lowest BCUT2D eigenvalue weighted by molar-refractivity contribution is 0.313. The van der Waals surface area contributed by atoms with E-state index in [0.29, 0.717) is 53.3 Å². The Morgan fingerprint density at radius 3 is 2.91 bits per heavy atom. The van der Waals surface area contributed by atoms with Crippen molar-refractivity contribution >= 4 is 11.2 Å². The largest absolute Gasteiger partial charge is 0.464 e. The number of nitrogens with zero attached hydrogens (tertiary/aromatic N) is 7. The fraction of sp³-hybridized carbons (Fsp3) is 0.435. The first kappa shape index (κ1) is 21.4. The molecule has 4 aromatic heterocycles. The number of rotatable bonds is 7. The van der Waals surface area contributed by atoms with Gasteiger partial charge in [-0.3, -0.25) is 9.67 Å². The number of halogens is 1. The van der Waals surface area contributed by atoms with Gasteiger partial charge in [0, 0.05) is 30.1 Å². The summed E-state index contributed by atoms with van der Waals surface area (Å²) in [5.74, 6) is 0.740. The monoisotopic (exact) mass is 450 g/mol. The fourth-order valence-corrected chi connectivity index (χ4v) is 4.33. The van der Waals surface area contributed by atoms with Crippen LogP contribution in [0.4, 0.5) is 4.39 Å². The average Bonchev–Trinajstić information content (AvgIpc) is 3.40. The highest BCUT2D eigenvalue weighted by atomic mass is 19.1. The summed E-state index contributed by atoms with van der Waals surface area (Å²) in [7, 11) is 0. The Labute approximate surface area is 191 Å². The van der Waals surface area contributed by atoms with Gasteiger partial charge in [0.15, 0.2) is 5.65 Å². The summed E-state index contributed by atoms with van der Waals surface area (Å²) in [5, 5.41) is 8.03. The number of piperidine rings is 1. The Kier molecular flexibility index (Phi) is 5.99. The molecular formula is C23H27FN8O. The van der Waals surface area contributed by atoms with Crippen LogP contribution in [0.1, 0.15) is 31.0 Å². The average molecular weight is 451 g/mol. The van der Waals surface area contributed by atoms with Crippen LogP contribution >= 0.6 is 0 Å². The van der Waals surface area contributed by atoms with Crippen LogP contribution in [0.3, 0.4) is 0 Å². The SMILES string of the molecule is CCOc1nc(C)c2nc(-c3cncc(F)c3)n(Cc3cnn(CC4CCCNC4)c3)c2n1. The van der Waals surface area contributed by atoms with E-state index < -0.39 is 5.82 Å². The van der Waals surface area contributed by atoms with E-state index in [4.69, 9.17) is 9.72 Å². The number of ether oxygens (including phenoxy) is 1. The molecule has 1 aliphatic heterocycles. The Morgan fingerprint density at radius 1 is 1.21 bits per heavy atom. The second-order valence-corrected chi connectivity index (χ2v) is 8.39. The number of pyridine rings is 1. The van der Waals surface area contributed by atoms with Gasteiger partial charge in [-0.2, -0.15) is 15.1 Å². The van der Waals surface area contributed by atoms with Gasteiger partial charge in [0.2, 0.25) is 0 Å². The summed E-state index contributed by atoms with van der Waals surface area (Å²) in [5.41, 5.74) is 3.57. The second-order valence-electron chi connectivity index (χ2n) is 8.39. The molecule has 172 valence electrons. The highest BCUT2D eigenvalue weighted by molar-refractivity contribution is 5.79. The molecule has 5 rings (SSSR count). The van der Waals surface area contributed by atoms with Crippen LogP contribution in [-0.4, -0.2) is 54.0 Å². The smallest absolute Gasteiger partial charge is 0.318 e. The van der Waals surface area contributed by atoms with E-state index in [-0.39, 0.29) is 0 Å². The maximum absolute atomic E-state index is 14.0. The number of nitrogens with one attached hydrogen (secondary N) is 1. The molecule has 1 N–H and O–H groups in total. The highest BCUT2D eigenvalue weighted by Crippen LogP contribution is 2.27. The van der Waals surface area contributed by atoms with Crippen molar-refractivity contribution in [2.75, 3.05) is 19.7 Å². The van der Waals surface area contributed by atoms with Gasteiger partial charge >= 0.3 is 6.01 Å². The minimum absolute atomic E-state index is 0.299. The molecule has 0 aromatic carbocycles. The van der Waals surface area contributed by atoms with Gasteiger partial charge in [0.1, 0.15) is 17.2 Å². The molecule has 10 heteroatoms. The summed E-state index contributed by atoms with van der Waals surface area (Å²) >= 11 is 0. The summed E-state index contributed by atoms with van der Waals surface area (Å²) < 4.78 is 23.5. The summed E-state index contributed by atoms with van der Waals surface area (Å²) in [6.45, 7) is 7.70. The van der Waals surface area contributed by atoms with E-state index in [1.807, 2.05) is 29.3 Å². The van der Waals surface area contributed by atoms with E-state index in [0.717, 1.165) is 25.2 Å². The van der Waals surface area contributed by atoms with Crippen LogP contribution in [0.2, 0.25) is 0 Å². The summed E-state index contributed by atoms with van der Waals surface area (Å²) in [6.07, 6.45) is 9.12. The molecule has 1 atom stereocenters. The van der Waals surface area contributed by atoms with E-state index in [1.165, 1.54) is 25.1 Å². The van der Waals surface area contributed by atoms with Crippen molar-refractivity contribution in [3.05, 3.63) is 47.9 Å². The van der Waals surface area contributed by atoms with Crippen LogP contribution < -0.4 is 10.1 Å². The van der Waals surface area contributed by atoms with Crippen molar-refractivity contribution in [3.8, 4) is 17.4 Å². The Bertz CT molecular complexity index is 1260. The number of hydrogen-bond donors (Lipinski definition) is 1. The Morgan fingerprint density at radius 2 is 2.12 bits per heavy atom. The Hall–Kier alpha value is -3.40. The molecule has 1 aliphatic rings. The van der Waals surface area contributed by atoms with Gasteiger partial charge in [-0.25, -0.2) is 9.37 Å². The molecule has 0 radical (unpaired) electrons. The molecule has 5 heterocycles. The minimum Gasteiger partial charge on any atom is -0.464 e. The van der Waals surface area contributed by atoms with Crippen molar-refractivity contribution in [1.82, 2.24) is 39.6 Å². The minimum atomic E-state index is -0.419. The summed E-state index contributed by atoms with van der Waals surface area (Å²) in [4.78, 5) is 17.8. The zero-order chi connectivity index (χ0) is 22.8. The van der Waals surface area contributed by atoms with Gasteiger partial charge in [-0.1, -0.05) is 0 Å². The third-order valence-electron chi connectivity index (χ3n) is 5.86. The molecular weight excluding hydrogens is 423 g/mol. The summed E-state index contributed by atoms with van der Waals surface area (Å²) in [6, 6.07) is 1.73. The molecule has 0 bridgehead atoms. The quantitative estimate of drug-likeness (QED) is 0.462. The molecule has 0 saturated carbocycles. The first-order chi connectivity index (χ1) is 16.1. The number of aryl methyl sites for hydroxylation is 1. The van der Waals surface area contributed by atoms with Gasteiger partial charge in [0.25, 0.3) is 0 Å². The lowest BCUT2D eigenvalue weighted by Crippen LogP contribution is -2.32. The van der Waals surface area contributed by atoms with Crippen molar-refractivity contribution < 1.29 is 9.13 Å². The molecule has 0 amide bonds.